The predicted molar refractivity (Wildman–Crippen MR) is 286 cm³/mol. The van der Waals surface area contributed by atoms with Gasteiger partial charge in [0.15, 0.2) is 5.82 Å². The molecule has 0 saturated heterocycles. The summed E-state index contributed by atoms with van der Waals surface area (Å²) < 4.78 is 6.68. The Bertz CT molecular complexity index is 3950. The van der Waals surface area contributed by atoms with Gasteiger partial charge in [-0.2, -0.15) is 0 Å². The second-order valence-corrected chi connectivity index (χ2v) is 17.5. The predicted octanol–water partition coefficient (Wildman–Crippen LogP) is 17.4. The summed E-state index contributed by atoms with van der Waals surface area (Å²) in [4.78, 5) is 15.8. The van der Waals surface area contributed by atoms with Crippen LogP contribution in [0.5, 0.6) is 0 Å². The van der Waals surface area contributed by atoms with Gasteiger partial charge in [-0.25, -0.2) is 15.0 Å². The second kappa shape index (κ2) is 16.9. The number of hydrogen-bond donors (Lipinski definition) is 0. The van der Waals surface area contributed by atoms with Gasteiger partial charge in [0.25, 0.3) is 0 Å². The van der Waals surface area contributed by atoms with Crippen molar-refractivity contribution in [1.82, 2.24) is 15.0 Å². The lowest BCUT2D eigenvalue weighted by Crippen LogP contribution is -1.96. The summed E-state index contributed by atoms with van der Waals surface area (Å²) in [5.41, 5.74) is 18.4. The number of fused-ring (bicyclic) bond motifs is 6. The summed E-state index contributed by atoms with van der Waals surface area (Å²) in [5, 5.41) is 5.49. The summed E-state index contributed by atoms with van der Waals surface area (Å²) in [6.07, 6.45) is 0. The van der Waals surface area contributed by atoms with Crippen LogP contribution in [0.1, 0.15) is 0 Å². The van der Waals surface area contributed by atoms with E-state index in [1.54, 1.807) is 0 Å². The van der Waals surface area contributed by atoms with Gasteiger partial charge < -0.3 is 4.42 Å². The number of para-hydroxylation sites is 2. The van der Waals surface area contributed by atoms with Crippen LogP contribution in [0.3, 0.4) is 0 Å². The van der Waals surface area contributed by atoms with Crippen LogP contribution >= 0.6 is 0 Å². The van der Waals surface area contributed by atoms with Gasteiger partial charge in [-0.1, -0.05) is 206 Å². The van der Waals surface area contributed by atoms with Gasteiger partial charge in [-0.15, -0.1) is 0 Å². The molecule has 13 aromatic rings. The molecule has 0 aliphatic carbocycles. The fourth-order valence-corrected chi connectivity index (χ4v) is 9.94. The molecule has 13 rings (SSSR count). The lowest BCUT2D eigenvalue weighted by molar-refractivity contribution is 0.669. The van der Waals surface area contributed by atoms with Crippen molar-refractivity contribution in [1.29, 1.82) is 0 Å². The van der Waals surface area contributed by atoms with E-state index in [4.69, 9.17) is 19.4 Å². The minimum atomic E-state index is 0.665. The van der Waals surface area contributed by atoms with Gasteiger partial charge in [-0.05, 0) is 81.4 Å². The number of furan rings is 1. The SMILES string of the molecule is c1ccc(-c2cccc(-c3cc(-c4cccc(-c5ccccc5)c4)nc(-c4ccc(-c5cccc(-c6c7c(cc8c(-c9ccccc9)nc9ccccc9c68)oc6ccccc67)c5)cc4)n3)c2)cc1. The molecule has 0 N–H and O–H groups in total. The molecule has 10 aromatic carbocycles. The number of pyridine rings is 1. The molecule has 3 heterocycles. The smallest absolute Gasteiger partial charge is 0.160 e. The van der Waals surface area contributed by atoms with Crippen molar-refractivity contribution in [2.24, 2.45) is 0 Å². The van der Waals surface area contributed by atoms with Crippen molar-refractivity contribution in [3.63, 3.8) is 0 Å². The van der Waals surface area contributed by atoms with Crippen LogP contribution in [-0.4, -0.2) is 15.0 Å². The average Bonchev–Trinajstić information content (AvgIpc) is 3.81. The third kappa shape index (κ3) is 7.32. The second-order valence-electron chi connectivity index (χ2n) is 17.5. The van der Waals surface area contributed by atoms with E-state index in [-0.39, 0.29) is 0 Å². The number of rotatable bonds is 8. The van der Waals surface area contributed by atoms with Crippen LogP contribution in [0.2, 0.25) is 0 Å². The van der Waals surface area contributed by atoms with Crippen LogP contribution in [0.4, 0.5) is 0 Å². The molecule has 3 aromatic heterocycles. The molecule has 0 radical (unpaired) electrons. The molecule has 0 amide bonds. The van der Waals surface area contributed by atoms with Crippen molar-refractivity contribution in [3.05, 3.63) is 249 Å². The van der Waals surface area contributed by atoms with E-state index in [1.807, 2.05) is 24.3 Å². The molecule has 69 heavy (non-hydrogen) atoms. The lowest BCUT2D eigenvalue weighted by atomic mass is 9.88. The zero-order valence-electron chi connectivity index (χ0n) is 37.4. The largest absolute Gasteiger partial charge is 0.456 e. The average molecular weight is 880 g/mol. The first-order valence-electron chi connectivity index (χ1n) is 23.3. The topological polar surface area (TPSA) is 51.8 Å². The van der Waals surface area contributed by atoms with Crippen molar-refractivity contribution in [2.75, 3.05) is 0 Å². The molecule has 0 spiro atoms. The minimum Gasteiger partial charge on any atom is -0.456 e. The molecule has 0 saturated carbocycles. The maximum Gasteiger partial charge on any atom is 0.160 e. The Labute approximate surface area is 399 Å². The van der Waals surface area contributed by atoms with Crippen LogP contribution in [-0.2, 0) is 0 Å². The molecule has 0 fully saturated rings. The quantitative estimate of drug-likeness (QED) is 0.143. The van der Waals surface area contributed by atoms with Crippen LogP contribution in [0.15, 0.2) is 253 Å². The van der Waals surface area contributed by atoms with Gasteiger partial charge in [0, 0.05) is 54.7 Å². The molecule has 322 valence electrons. The Balaban J connectivity index is 0.949. The van der Waals surface area contributed by atoms with Crippen molar-refractivity contribution < 1.29 is 4.42 Å². The highest BCUT2D eigenvalue weighted by Gasteiger charge is 2.22. The van der Waals surface area contributed by atoms with Crippen molar-refractivity contribution in [3.8, 4) is 89.7 Å². The van der Waals surface area contributed by atoms with E-state index in [9.17, 15) is 0 Å². The standard InChI is InChI=1S/C65H41N3O/c1-4-17-42(18-5-1)47-23-14-26-50(37-47)57-41-58(51-27-15-24-48(38-51)43-19-6-2-7-20-43)68-65(67-57)46-35-33-44(34-36-46)49-25-16-28-52(39-49)61-62-53-29-10-12-31-56(53)66-64(45-21-8-3-9-22-45)55(62)40-60-63(61)54-30-11-13-32-59(54)69-60/h1-41H. The van der Waals surface area contributed by atoms with E-state index >= 15 is 0 Å². The summed E-state index contributed by atoms with van der Waals surface area (Å²) in [7, 11) is 0. The van der Waals surface area contributed by atoms with Gasteiger partial charge in [-0.3, -0.25) is 0 Å². The van der Waals surface area contributed by atoms with E-state index in [0.29, 0.717) is 5.82 Å². The fourth-order valence-electron chi connectivity index (χ4n) is 9.94. The molecule has 4 heteroatoms. The highest BCUT2D eigenvalue weighted by molar-refractivity contribution is 6.27. The Morgan fingerprint density at radius 3 is 1.35 bits per heavy atom. The van der Waals surface area contributed by atoms with E-state index in [0.717, 1.165) is 127 Å². The number of benzene rings is 10. The van der Waals surface area contributed by atoms with E-state index in [1.165, 1.54) is 0 Å². The van der Waals surface area contributed by atoms with Crippen LogP contribution < -0.4 is 0 Å². The Kier molecular flexibility index (Phi) is 9.80. The fraction of sp³-hybridized carbons (Fsp3) is 0. The molecule has 0 unspecified atom stereocenters. The first-order chi connectivity index (χ1) is 34.2. The minimum absolute atomic E-state index is 0.665. The molecule has 0 atom stereocenters. The molecular formula is C65H41N3O. The monoisotopic (exact) mass is 879 g/mol. The van der Waals surface area contributed by atoms with Gasteiger partial charge in [0.1, 0.15) is 11.2 Å². The van der Waals surface area contributed by atoms with E-state index < -0.39 is 0 Å². The lowest BCUT2D eigenvalue weighted by Gasteiger charge is -2.16. The molecule has 0 aliphatic rings. The summed E-state index contributed by atoms with van der Waals surface area (Å²) in [6.45, 7) is 0. The first-order valence-corrected chi connectivity index (χ1v) is 23.3. The zero-order chi connectivity index (χ0) is 45.7. The number of aromatic nitrogens is 3. The molecular weight excluding hydrogens is 839 g/mol. The summed E-state index contributed by atoms with van der Waals surface area (Å²) >= 11 is 0. The Morgan fingerprint density at radius 1 is 0.261 bits per heavy atom. The number of nitrogens with zero attached hydrogens (tertiary/aromatic N) is 3. The van der Waals surface area contributed by atoms with E-state index in [2.05, 4.69) is 224 Å². The highest BCUT2D eigenvalue weighted by Crippen LogP contribution is 2.47. The maximum atomic E-state index is 6.68. The number of hydrogen-bond acceptors (Lipinski definition) is 4. The molecule has 0 aliphatic heterocycles. The highest BCUT2D eigenvalue weighted by atomic mass is 16.3. The normalized spacial score (nSPS) is 11.5. The maximum absolute atomic E-state index is 6.68. The summed E-state index contributed by atoms with van der Waals surface area (Å²) in [6, 6.07) is 87.4. The molecule has 0 bridgehead atoms. The Morgan fingerprint density at radius 2 is 0.725 bits per heavy atom. The third-order valence-electron chi connectivity index (χ3n) is 13.3. The molecule has 4 nitrogen and oxygen atoms in total. The Hall–Kier alpha value is -9.25. The van der Waals surface area contributed by atoms with Crippen molar-refractivity contribution in [2.45, 2.75) is 0 Å². The summed E-state index contributed by atoms with van der Waals surface area (Å²) in [5.74, 6) is 0.665. The van der Waals surface area contributed by atoms with Crippen LogP contribution in [0, 0.1) is 0 Å². The van der Waals surface area contributed by atoms with Gasteiger partial charge in [0.2, 0.25) is 0 Å². The third-order valence-corrected chi connectivity index (χ3v) is 13.3. The van der Waals surface area contributed by atoms with Crippen LogP contribution in [0.25, 0.3) is 133 Å². The van der Waals surface area contributed by atoms with Gasteiger partial charge in [0.05, 0.1) is 22.6 Å². The van der Waals surface area contributed by atoms with Crippen molar-refractivity contribution >= 4 is 43.6 Å². The zero-order valence-corrected chi connectivity index (χ0v) is 37.4. The van der Waals surface area contributed by atoms with Gasteiger partial charge >= 0.3 is 0 Å². The first kappa shape index (κ1) is 40.1.